The maximum absolute atomic E-state index is 13.4. The van der Waals surface area contributed by atoms with Crippen molar-refractivity contribution in [3.63, 3.8) is 0 Å². The van der Waals surface area contributed by atoms with Crippen molar-refractivity contribution in [1.29, 1.82) is 0 Å². The van der Waals surface area contributed by atoms with Gasteiger partial charge in [-0.05, 0) is 82.8 Å². The highest BCUT2D eigenvalue weighted by Gasteiger charge is 2.31. The zero-order valence-electron chi connectivity index (χ0n) is 25.3. The summed E-state index contributed by atoms with van der Waals surface area (Å²) in [5.41, 5.74) is 1.12. The van der Waals surface area contributed by atoms with Gasteiger partial charge in [0.15, 0.2) is 5.49 Å². The van der Waals surface area contributed by atoms with Gasteiger partial charge < -0.3 is 19.9 Å². The molecule has 45 heavy (non-hydrogen) atoms. The smallest absolute Gasteiger partial charge is 0.306 e. The Morgan fingerprint density at radius 3 is 2.24 bits per heavy atom. The second kappa shape index (κ2) is 12.2. The van der Waals surface area contributed by atoms with E-state index in [-0.39, 0.29) is 53.6 Å². The number of hydrogen-bond acceptors (Lipinski definition) is 7. The van der Waals surface area contributed by atoms with Gasteiger partial charge in [0.2, 0.25) is 0 Å². The molecule has 1 unspecified atom stereocenters. The van der Waals surface area contributed by atoms with Crippen molar-refractivity contribution in [2.24, 2.45) is 16.8 Å². The minimum Gasteiger partial charge on any atom is -0.481 e. The van der Waals surface area contributed by atoms with Gasteiger partial charge in [0.25, 0.3) is 22.6 Å². The molecule has 2 fully saturated rings. The summed E-state index contributed by atoms with van der Waals surface area (Å²) in [5, 5.41) is 25.1. The number of carboxylic acids is 1. The number of nitrogens with zero attached hydrogens (tertiary/aromatic N) is 3. The van der Waals surface area contributed by atoms with Crippen LogP contribution in [0.1, 0.15) is 87.9 Å². The molecule has 3 aromatic heterocycles. The van der Waals surface area contributed by atoms with Crippen LogP contribution >= 0.6 is 0 Å². The maximum Gasteiger partial charge on any atom is 0.306 e. The number of amides is 1. The second-order valence-corrected chi connectivity index (χ2v) is 12.4. The number of aromatic amines is 3. The van der Waals surface area contributed by atoms with E-state index in [4.69, 9.17) is 9.84 Å². The van der Waals surface area contributed by atoms with E-state index in [1.807, 2.05) is 0 Å². The van der Waals surface area contributed by atoms with Crippen LogP contribution in [0.4, 0.5) is 0 Å². The number of carbonyl (C=O) groups is 2. The van der Waals surface area contributed by atoms with Crippen molar-refractivity contribution >= 4 is 34.6 Å². The lowest BCUT2D eigenvalue weighted by molar-refractivity contribution is -0.143. The Labute approximate surface area is 256 Å². The van der Waals surface area contributed by atoms with Crippen molar-refractivity contribution in [2.75, 3.05) is 6.79 Å². The second-order valence-electron chi connectivity index (χ2n) is 12.4. The summed E-state index contributed by atoms with van der Waals surface area (Å²) < 4.78 is 8.35. The van der Waals surface area contributed by atoms with Crippen LogP contribution in [-0.2, 0) is 14.3 Å². The van der Waals surface area contributed by atoms with Gasteiger partial charge >= 0.3 is 5.97 Å². The van der Waals surface area contributed by atoms with Crippen molar-refractivity contribution in [3.05, 3.63) is 59.0 Å². The number of hydrogen-bond donors (Lipinski definition) is 5. The van der Waals surface area contributed by atoms with Crippen LogP contribution in [-0.4, -0.2) is 59.5 Å². The van der Waals surface area contributed by atoms with Crippen molar-refractivity contribution in [2.45, 2.75) is 89.8 Å². The fourth-order valence-corrected chi connectivity index (χ4v) is 7.28. The summed E-state index contributed by atoms with van der Waals surface area (Å²) in [6, 6.07) is -0.263. The molecule has 0 aromatic carbocycles. The van der Waals surface area contributed by atoms with E-state index in [0.29, 0.717) is 84.3 Å². The van der Waals surface area contributed by atoms with E-state index < -0.39 is 23.7 Å². The summed E-state index contributed by atoms with van der Waals surface area (Å²) in [6.45, 7) is 3.13. The molecule has 3 aromatic rings. The topological polar surface area (TPSA) is 205 Å². The molecule has 4 heterocycles. The van der Waals surface area contributed by atoms with Gasteiger partial charge in [0, 0.05) is 5.56 Å². The van der Waals surface area contributed by atoms with Gasteiger partial charge in [-0.15, -0.1) is 0 Å². The number of aliphatic hydroxyl groups is 1. The van der Waals surface area contributed by atoms with Gasteiger partial charge in [0.1, 0.15) is 12.4 Å². The van der Waals surface area contributed by atoms with E-state index in [2.05, 4.69) is 20.2 Å². The first-order valence-corrected chi connectivity index (χ1v) is 15.5. The minimum absolute atomic E-state index is 0.0373. The molecule has 1 amide bonds. The first-order chi connectivity index (χ1) is 21.6. The molecule has 3 aliphatic rings. The molecule has 6 rings (SSSR count). The van der Waals surface area contributed by atoms with Crippen LogP contribution in [0.3, 0.4) is 0 Å². The molecule has 240 valence electrons. The standard InChI is InChI=1S/C31H38N6O8/c1-15-21(27(39)32-25-23(15)29(41)36(34-25)18-8-6-17(7-9-18)31(43)44)4-3-5-22-16(2)24-26(33-28(22)40)35-37(30(24)42)19-10-12-20(13-11-19)45-14-38/h3,5,17-21,38H,4,6-14H2,1-2H3,(H,43,44)(H,32,34,39)(H2,33,35,40). The van der Waals surface area contributed by atoms with Gasteiger partial charge in [-0.3, -0.25) is 34.2 Å². The predicted molar refractivity (Wildman–Crippen MR) is 163 cm³/mol. The van der Waals surface area contributed by atoms with E-state index in [1.54, 1.807) is 30.7 Å². The zero-order chi connectivity index (χ0) is 32.0. The number of ether oxygens (including phenoxy) is 1. The Bertz CT molecular complexity index is 1980. The molecular weight excluding hydrogens is 584 g/mol. The number of aryl methyl sites for hydroxylation is 1. The third kappa shape index (κ3) is 5.56. The number of pyridine rings is 1. The molecule has 2 saturated carbocycles. The minimum atomic E-state index is -0.821. The Morgan fingerprint density at radius 1 is 0.956 bits per heavy atom. The third-order valence-electron chi connectivity index (χ3n) is 9.90. The summed E-state index contributed by atoms with van der Waals surface area (Å²) in [7, 11) is 0. The summed E-state index contributed by atoms with van der Waals surface area (Å²) in [4.78, 5) is 71.2. The average molecular weight is 623 g/mol. The molecule has 0 bridgehead atoms. The normalized spacial score (nSPS) is 25.5. The lowest BCUT2D eigenvalue weighted by atomic mass is 9.86. The Morgan fingerprint density at radius 2 is 1.60 bits per heavy atom. The first-order valence-electron chi connectivity index (χ1n) is 15.5. The van der Waals surface area contributed by atoms with Crippen molar-refractivity contribution in [1.82, 2.24) is 24.5 Å². The molecule has 0 spiro atoms. The van der Waals surface area contributed by atoms with Crippen LogP contribution in [0.2, 0.25) is 0 Å². The molecule has 14 heteroatoms. The first kappa shape index (κ1) is 30.7. The van der Waals surface area contributed by atoms with Crippen LogP contribution in [0.25, 0.3) is 22.7 Å². The van der Waals surface area contributed by atoms with Gasteiger partial charge in [-0.2, -0.15) is 4.99 Å². The largest absolute Gasteiger partial charge is 0.481 e. The van der Waals surface area contributed by atoms with Crippen LogP contribution in [0.5, 0.6) is 0 Å². The lowest BCUT2D eigenvalue weighted by Gasteiger charge is -2.28. The van der Waals surface area contributed by atoms with Crippen LogP contribution in [0.15, 0.2) is 25.5 Å². The molecule has 0 radical (unpaired) electrons. The Kier molecular flexibility index (Phi) is 8.35. The number of aromatic nitrogens is 5. The van der Waals surface area contributed by atoms with E-state index in [9.17, 15) is 29.1 Å². The number of fused-ring (bicyclic) bond motifs is 2. The molecule has 1 atom stereocenters. The van der Waals surface area contributed by atoms with Crippen LogP contribution in [0, 0.1) is 18.8 Å². The molecule has 2 aliphatic carbocycles. The number of carboxylic acid groups (broad SMARTS) is 1. The number of nitrogens with one attached hydrogen (secondary N) is 3. The zero-order valence-corrected chi connectivity index (χ0v) is 25.3. The molecule has 5 N–H and O–H groups in total. The fraction of sp³-hybridized carbons (Fsp3) is 0.548. The Hall–Kier alpha value is -4.30. The van der Waals surface area contributed by atoms with Gasteiger partial charge in [-0.1, -0.05) is 12.2 Å². The monoisotopic (exact) mass is 622 g/mol. The number of aliphatic carboxylic acids is 1. The number of aliphatic hydroxyl groups excluding tert-OH is 1. The molecule has 1 aliphatic heterocycles. The van der Waals surface area contributed by atoms with Crippen molar-refractivity contribution in [3.8, 4) is 0 Å². The van der Waals surface area contributed by atoms with E-state index in [0.717, 1.165) is 0 Å². The summed E-state index contributed by atoms with van der Waals surface area (Å²) >= 11 is 0. The number of carbonyl (C=O) groups excluding carboxylic acids is 1. The lowest BCUT2D eigenvalue weighted by Crippen LogP contribution is -2.43. The summed E-state index contributed by atoms with van der Waals surface area (Å²) in [6.07, 6.45) is 8.33. The fourth-order valence-electron chi connectivity index (χ4n) is 7.28. The highest BCUT2D eigenvalue weighted by Crippen LogP contribution is 2.31. The number of rotatable bonds is 8. The van der Waals surface area contributed by atoms with E-state index in [1.165, 1.54) is 4.68 Å². The maximum atomic E-state index is 13.4. The highest BCUT2D eigenvalue weighted by molar-refractivity contribution is 5.89. The molecular formula is C31H38N6O8. The Balaban J connectivity index is 1.23. The predicted octanol–water partition coefficient (Wildman–Crippen LogP) is 1.13. The SMILES string of the molecule is CC1=c2c([nH]n(C3CCC(C(=O)O)CC3)c2=O)=NC(=O)C1CC=Cc1c(C)c2c(=O)n(C3CCC(OCO)CC3)[nH]c2[nH]c1=O. The highest BCUT2D eigenvalue weighted by atomic mass is 16.6. The molecule has 14 nitrogen and oxygen atoms in total. The van der Waals surface area contributed by atoms with Gasteiger partial charge in [-0.25, -0.2) is 9.36 Å². The third-order valence-corrected chi connectivity index (χ3v) is 9.90. The number of allylic oxidation sites excluding steroid dienone is 1. The summed E-state index contributed by atoms with van der Waals surface area (Å²) in [5.74, 6) is -2.32. The number of H-pyrrole nitrogens is 3. The average Bonchev–Trinajstić information content (AvgIpc) is 3.52. The van der Waals surface area contributed by atoms with Crippen LogP contribution < -0.4 is 27.4 Å². The van der Waals surface area contributed by atoms with E-state index >= 15 is 0 Å². The molecule has 0 saturated heterocycles. The van der Waals surface area contributed by atoms with Crippen molar-refractivity contribution < 1.29 is 24.5 Å². The van der Waals surface area contributed by atoms with Gasteiger partial charge in [0.05, 0.1) is 40.6 Å². The quantitative estimate of drug-likeness (QED) is 0.230.